The summed E-state index contributed by atoms with van der Waals surface area (Å²) in [6, 6.07) is 12.9. The van der Waals surface area contributed by atoms with E-state index in [1.54, 1.807) is 24.3 Å². The van der Waals surface area contributed by atoms with E-state index in [9.17, 15) is 14.9 Å². The van der Waals surface area contributed by atoms with Crippen LogP contribution in [0.3, 0.4) is 0 Å². The zero-order valence-electron chi connectivity index (χ0n) is 13.2. The zero-order chi connectivity index (χ0) is 18.1. The number of ether oxygens (including phenoxy) is 1. The second kappa shape index (κ2) is 8.84. The molecule has 0 aliphatic heterocycles. The van der Waals surface area contributed by atoms with Gasteiger partial charge in [0.05, 0.1) is 17.6 Å². The molecule has 7 nitrogen and oxygen atoms in total. The van der Waals surface area contributed by atoms with E-state index in [1.165, 1.54) is 30.5 Å². The van der Waals surface area contributed by atoms with Crippen LogP contribution in [0.15, 0.2) is 53.6 Å². The molecule has 2 aromatic rings. The van der Waals surface area contributed by atoms with Crippen molar-refractivity contribution in [3.8, 4) is 18.1 Å². The van der Waals surface area contributed by atoms with Crippen molar-refractivity contribution in [1.82, 2.24) is 5.43 Å². The summed E-state index contributed by atoms with van der Waals surface area (Å²) in [6.07, 6.45) is 6.68. The number of hydrogen-bond acceptors (Lipinski definition) is 5. The fourth-order valence-corrected chi connectivity index (χ4v) is 1.95. The Balaban J connectivity index is 1.88. The van der Waals surface area contributed by atoms with Gasteiger partial charge in [-0.3, -0.25) is 14.9 Å². The molecule has 0 saturated carbocycles. The number of nitrogens with zero attached hydrogens (tertiary/aromatic N) is 2. The number of hydrogen-bond donors (Lipinski definition) is 1. The summed E-state index contributed by atoms with van der Waals surface area (Å²) in [5.74, 6) is 2.66. The van der Waals surface area contributed by atoms with Crippen LogP contribution in [-0.4, -0.2) is 23.7 Å². The summed E-state index contributed by atoms with van der Waals surface area (Å²) in [5.41, 5.74) is 3.78. The van der Waals surface area contributed by atoms with Crippen molar-refractivity contribution in [3.63, 3.8) is 0 Å². The largest absolute Gasteiger partial charge is 0.481 e. The number of carbonyl (C=O) groups is 1. The molecule has 0 radical (unpaired) electrons. The molecule has 0 aliphatic carbocycles. The smallest absolute Gasteiger partial charge is 0.269 e. The number of nitrogens with one attached hydrogen (secondary N) is 1. The van der Waals surface area contributed by atoms with Crippen molar-refractivity contribution < 1.29 is 14.5 Å². The lowest BCUT2D eigenvalue weighted by Gasteiger charge is -2.03. The lowest BCUT2D eigenvalue weighted by Crippen LogP contribution is -2.19. The first kappa shape index (κ1) is 17.7. The molecule has 0 unspecified atom stereocenters. The fraction of sp³-hybridized carbons (Fsp3) is 0.111. The number of benzene rings is 2. The lowest BCUT2D eigenvalue weighted by molar-refractivity contribution is -0.384. The minimum Gasteiger partial charge on any atom is -0.481 e. The van der Waals surface area contributed by atoms with Crippen molar-refractivity contribution >= 4 is 17.8 Å². The Hall–Kier alpha value is -3.66. The molecule has 0 bridgehead atoms. The van der Waals surface area contributed by atoms with Crippen LogP contribution in [-0.2, 0) is 11.2 Å². The summed E-state index contributed by atoms with van der Waals surface area (Å²) in [6.45, 7) is 0.173. The summed E-state index contributed by atoms with van der Waals surface area (Å²) >= 11 is 0. The van der Waals surface area contributed by atoms with Gasteiger partial charge in [-0.25, -0.2) is 5.43 Å². The highest BCUT2D eigenvalue weighted by molar-refractivity contribution is 5.83. The summed E-state index contributed by atoms with van der Waals surface area (Å²) in [7, 11) is 0. The van der Waals surface area contributed by atoms with Gasteiger partial charge in [0.25, 0.3) is 5.69 Å². The zero-order valence-corrected chi connectivity index (χ0v) is 13.2. The molecule has 0 aromatic heterocycles. The van der Waals surface area contributed by atoms with Crippen molar-refractivity contribution in [2.24, 2.45) is 5.10 Å². The van der Waals surface area contributed by atoms with Crippen LogP contribution in [0.2, 0.25) is 0 Å². The average Bonchev–Trinajstić information content (AvgIpc) is 2.61. The standard InChI is InChI=1S/C18H15N3O4/c1-2-10-25-17-5-3-4-15(11-17)13-19-20-18(22)12-14-6-8-16(9-7-14)21(23)24/h1,3-9,11,13H,10,12H2,(H,20,22)/b19-13+. The number of hydrazone groups is 1. The third-order valence-electron chi connectivity index (χ3n) is 3.09. The SMILES string of the molecule is C#CCOc1cccc(/C=N/NC(=O)Cc2ccc([N+](=O)[O-])cc2)c1. The summed E-state index contributed by atoms with van der Waals surface area (Å²) in [4.78, 5) is 21.9. The molecule has 25 heavy (non-hydrogen) atoms. The molecule has 1 N–H and O–H groups in total. The van der Waals surface area contributed by atoms with Gasteiger partial charge < -0.3 is 4.74 Å². The van der Waals surface area contributed by atoms with Crippen LogP contribution < -0.4 is 10.2 Å². The van der Waals surface area contributed by atoms with E-state index in [2.05, 4.69) is 16.4 Å². The first-order chi connectivity index (χ1) is 12.1. The van der Waals surface area contributed by atoms with E-state index < -0.39 is 4.92 Å². The average molecular weight is 337 g/mol. The Morgan fingerprint density at radius 1 is 1.32 bits per heavy atom. The molecular weight excluding hydrogens is 322 g/mol. The highest BCUT2D eigenvalue weighted by Gasteiger charge is 2.06. The Morgan fingerprint density at radius 2 is 2.08 bits per heavy atom. The number of rotatable bonds is 7. The summed E-state index contributed by atoms with van der Waals surface area (Å²) < 4.78 is 5.30. The van der Waals surface area contributed by atoms with Crippen LogP contribution in [0, 0.1) is 22.5 Å². The topological polar surface area (TPSA) is 93.8 Å². The number of nitro benzene ring substituents is 1. The fourth-order valence-electron chi connectivity index (χ4n) is 1.95. The van der Waals surface area contributed by atoms with E-state index in [1.807, 2.05) is 0 Å². The molecule has 0 heterocycles. The van der Waals surface area contributed by atoms with Gasteiger partial charge in [-0.15, -0.1) is 6.42 Å². The molecule has 2 rings (SSSR count). The van der Waals surface area contributed by atoms with E-state index >= 15 is 0 Å². The van der Waals surface area contributed by atoms with Crippen molar-refractivity contribution in [1.29, 1.82) is 0 Å². The highest BCUT2D eigenvalue weighted by Crippen LogP contribution is 2.13. The Labute approximate surface area is 144 Å². The summed E-state index contributed by atoms with van der Waals surface area (Å²) in [5, 5.41) is 14.5. The van der Waals surface area contributed by atoms with Gasteiger partial charge in [0.2, 0.25) is 5.91 Å². The molecule has 2 aromatic carbocycles. The normalized spacial score (nSPS) is 10.2. The first-order valence-electron chi connectivity index (χ1n) is 7.30. The van der Waals surface area contributed by atoms with Gasteiger partial charge in [0, 0.05) is 12.1 Å². The minimum atomic E-state index is -0.491. The molecule has 7 heteroatoms. The Bertz CT molecular complexity index is 823. The van der Waals surface area contributed by atoms with Crippen molar-refractivity contribution in [3.05, 3.63) is 69.8 Å². The van der Waals surface area contributed by atoms with Gasteiger partial charge in [-0.2, -0.15) is 5.10 Å². The molecular formula is C18H15N3O4. The van der Waals surface area contributed by atoms with Crippen LogP contribution in [0.25, 0.3) is 0 Å². The number of carbonyl (C=O) groups excluding carboxylic acids is 1. The monoisotopic (exact) mass is 337 g/mol. The maximum atomic E-state index is 11.8. The maximum absolute atomic E-state index is 11.8. The van der Waals surface area contributed by atoms with E-state index in [-0.39, 0.29) is 24.6 Å². The van der Waals surface area contributed by atoms with Crippen molar-refractivity contribution in [2.75, 3.05) is 6.61 Å². The van der Waals surface area contributed by atoms with Gasteiger partial charge >= 0.3 is 0 Å². The van der Waals surface area contributed by atoms with Crippen LogP contribution in [0.4, 0.5) is 5.69 Å². The van der Waals surface area contributed by atoms with Crippen LogP contribution >= 0.6 is 0 Å². The molecule has 0 spiro atoms. The van der Waals surface area contributed by atoms with Crippen LogP contribution in [0.5, 0.6) is 5.75 Å². The van der Waals surface area contributed by atoms with E-state index in [0.717, 1.165) is 5.56 Å². The minimum absolute atomic E-state index is 0.0193. The van der Waals surface area contributed by atoms with Crippen LogP contribution in [0.1, 0.15) is 11.1 Å². The van der Waals surface area contributed by atoms with E-state index in [0.29, 0.717) is 11.3 Å². The molecule has 126 valence electrons. The molecule has 0 saturated heterocycles. The quantitative estimate of drug-likeness (QED) is 0.363. The number of amides is 1. The predicted octanol–water partition coefficient (Wildman–Crippen LogP) is 2.30. The van der Waals surface area contributed by atoms with Crippen molar-refractivity contribution in [2.45, 2.75) is 6.42 Å². The number of nitro groups is 1. The van der Waals surface area contributed by atoms with Gasteiger partial charge in [0.1, 0.15) is 12.4 Å². The highest BCUT2D eigenvalue weighted by atomic mass is 16.6. The lowest BCUT2D eigenvalue weighted by atomic mass is 10.1. The van der Waals surface area contributed by atoms with Gasteiger partial charge in [-0.1, -0.05) is 30.2 Å². The Kier molecular flexibility index (Phi) is 6.25. The molecule has 0 fully saturated rings. The number of non-ortho nitro benzene ring substituents is 1. The molecule has 0 aliphatic rings. The molecule has 0 atom stereocenters. The van der Waals surface area contributed by atoms with E-state index in [4.69, 9.17) is 11.2 Å². The molecule has 1 amide bonds. The van der Waals surface area contributed by atoms with Gasteiger partial charge in [0.15, 0.2) is 0 Å². The number of terminal acetylenes is 1. The third kappa shape index (κ3) is 5.80. The third-order valence-corrected chi connectivity index (χ3v) is 3.09. The first-order valence-corrected chi connectivity index (χ1v) is 7.30. The Morgan fingerprint density at radius 3 is 2.76 bits per heavy atom. The van der Waals surface area contributed by atoms with Gasteiger partial charge in [-0.05, 0) is 23.3 Å². The second-order valence-corrected chi connectivity index (χ2v) is 4.96. The second-order valence-electron chi connectivity index (χ2n) is 4.96. The maximum Gasteiger partial charge on any atom is 0.269 e. The predicted molar refractivity (Wildman–Crippen MR) is 93.3 cm³/mol.